The summed E-state index contributed by atoms with van der Waals surface area (Å²) in [5.41, 5.74) is 1.23. The largest absolute Gasteiger partial charge is 0.374 e. The van der Waals surface area contributed by atoms with Crippen molar-refractivity contribution in [3.63, 3.8) is 0 Å². The van der Waals surface area contributed by atoms with Gasteiger partial charge in [0.1, 0.15) is 0 Å². The highest BCUT2D eigenvalue weighted by Gasteiger charge is 2.19. The van der Waals surface area contributed by atoms with Gasteiger partial charge in [0.05, 0.1) is 18.2 Å². The number of fused-ring (bicyclic) bond motifs is 1. The average molecular weight is 271 g/mol. The van der Waals surface area contributed by atoms with Gasteiger partial charge < -0.3 is 10.1 Å². The molecule has 2 aromatic rings. The van der Waals surface area contributed by atoms with Crippen LogP contribution >= 0.6 is 0 Å². The molecule has 20 heavy (non-hydrogen) atoms. The summed E-state index contributed by atoms with van der Waals surface area (Å²) in [5, 5.41) is 5.96. The van der Waals surface area contributed by atoms with E-state index in [0.29, 0.717) is 6.61 Å². The highest BCUT2D eigenvalue weighted by Crippen LogP contribution is 2.26. The van der Waals surface area contributed by atoms with Gasteiger partial charge in [-0.25, -0.2) is 0 Å². The number of hydrogen-bond donors (Lipinski definition) is 1. The third kappa shape index (κ3) is 3.38. The molecule has 0 amide bonds. The van der Waals surface area contributed by atoms with Crippen molar-refractivity contribution in [2.45, 2.75) is 38.8 Å². The van der Waals surface area contributed by atoms with E-state index in [4.69, 9.17) is 4.74 Å². The first-order valence-corrected chi connectivity index (χ1v) is 7.36. The summed E-state index contributed by atoms with van der Waals surface area (Å²) in [5.74, 6) is 0. The Balaban J connectivity index is 2.26. The predicted octanol–water partition coefficient (Wildman–Crippen LogP) is 4.31. The molecule has 0 saturated heterocycles. The Bertz CT molecular complexity index is 557. The molecule has 0 aromatic heterocycles. The maximum atomic E-state index is 6.07. The van der Waals surface area contributed by atoms with Crippen molar-refractivity contribution in [2.75, 3.05) is 13.7 Å². The van der Waals surface area contributed by atoms with Crippen LogP contribution in [0.1, 0.15) is 38.8 Å². The molecule has 2 nitrogen and oxygen atoms in total. The van der Waals surface area contributed by atoms with Crippen LogP contribution in [0.2, 0.25) is 0 Å². The zero-order valence-corrected chi connectivity index (χ0v) is 12.9. The lowest BCUT2D eigenvalue weighted by Gasteiger charge is -2.27. The molecule has 0 fully saturated rings. The summed E-state index contributed by atoms with van der Waals surface area (Å²) >= 11 is 0. The van der Waals surface area contributed by atoms with Crippen LogP contribution in [0.4, 0.5) is 0 Å². The lowest BCUT2D eigenvalue weighted by atomic mass is 9.99. The van der Waals surface area contributed by atoms with E-state index >= 15 is 0 Å². The Hall–Kier alpha value is -1.38. The van der Waals surface area contributed by atoms with Crippen molar-refractivity contribution < 1.29 is 4.74 Å². The average Bonchev–Trinajstić information content (AvgIpc) is 2.48. The minimum Gasteiger partial charge on any atom is -0.374 e. The van der Waals surface area contributed by atoms with Gasteiger partial charge in [-0.1, -0.05) is 49.4 Å². The summed E-state index contributed by atoms with van der Waals surface area (Å²) < 4.78 is 6.07. The Labute approximate surface area is 122 Å². The molecule has 0 aliphatic carbocycles. The molecule has 1 N–H and O–H groups in total. The maximum Gasteiger partial charge on any atom is 0.0668 e. The number of benzene rings is 2. The van der Waals surface area contributed by atoms with Crippen LogP contribution in [0.5, 0.6) is 0 Å². The highest BCUT2D eigenvalue weighted by atomic mass is 16.5. The molecule has 2 rings (SSSR count). The molecule has 0 saturated carbocycles. The van der Waals surface area contributed by atoms with Gasteiger partial charge in [-0.3, -0.25) is 0 Å². The van der Waals surface area contributed by atoms with Gasteiger partial charge >= 0.3 is 0 Å². The topological polar surface area (TPSA) is 21.3 Å². The normalized spacial score (nSPS) is 13.6. The van der Waals surface area contributed by atoms with Crippen molar-refractivity contribution in [3.8, 4) is 0 Å². The van der Waals surface area contributed by atoms with Gasteiger partial charge in [0, 0.05) is 0 Å². The van der Waals surface area contributed by atoms with E-state index in [2.05, 4.69) is 68.6 Å². The molecule has 0 bridgehead atoms. The first kappa shape index (κ1) is 15.0. The Kier molecular flexibility index (Phi) is 4.79. The van der Waals surface area contributed by atoms with Crippen LogP contribution in [0, 0.1) is 0 Å². The molecule has 108 valence electrons. The number of likely N-dealkylation sites (N-methyl/N-ethyl adjacent to an activating group) is 1. The summed E-state index contributed by atoms with van der Waals surface area (Å²) in [6.45, 7) is 7.13. The summed E-state index contributed by atoms with van der Waals surface area (Å²) in [4.78, 5) is 0. The molecule has 0 aliphatic rings. The molecule has 1 atom stereocenters. The SMILES string of the molecule is CCC(C)(C)OCC(NC)c1cccc2ccccc12. The second kappa shape index (κ2) is 6.38. The Morgan fingerprint density at radius 3 is 2.50 bits per heavy atom. The van der Waals surface area contributed by atoms with E-state index in [-0.39, 0.29) is 11.6 Å². The third-order valence-corrected chi connectivity index (χ3v) is 4.04. The van der Waals surface area contributed by atoms with Crippen LogP contribution in [0.25, 0.3) is 10.8 Å². The Morgan fingerprint density at radius 2 is 1.80 bits per heavy atom. The molecular weight excluding hydrogens is 246 g/mol. The van der Waals surface area contributed by atoms with Crippen LogP contribution in [-0.2, 0) is 4.74 Å². The van der Waals surface area contributed by atoms with Gasteiger partial charge in [0.15, 0.2) is 0 Å². The second-order valence-corrected chi connectivity index (χ2v) is 5.83. The van der Waals surface area contributed by atoms with E-state index in [0.717, 1.165) is 6.42 Å². The molecular formula is C18H25NO. The first-order valence-electron chi connectivity index (χ1n) is 7.36. The number of hydrogen-bond acceptors (Lipinski definition) is 2. The molecule has 0 radical (unpaired) electrons. The Morgan fingerprint density at radius 1 is 1.10 bits per heavy atom. The maximum absolute atomic E-state index is 6.07. The van der Waals surface area contributed by atoms with E-state index in [1.54, 1.807) is 0 Å². The van der Waals surface area contributed by atoms with Crippen molar-refractivity contribution in [2.24, 2.45) is 0 Å². The van der Waals surface area contributed by atoms with Gasteiger partial charge in [-0.2, -0.15) is 0 Å². The first-order chi connectivity index (χ1) is 9.57. The standard InChI is InChI=1S/C18H25NO/c1-5-18(2,3)20-13-17(19-4)16-12-8-10-14-9-6-7-11-15(14)16/h6-12,17,19H,5,13H2,1-4H3. The lowest BCUT2D eigenvalue weighted by molar-refractivity contribution is -0.0298. The van der Waals surface area contributed by atoms with Gasteiger partial charge in [-0.15, -0.1) is 0 Å². The van der Waals surface area contributed by atoms with Crippen molar-refractivity contribution in [1.29, 1.82) is 0 Å². The quantitative estimate of drug-likeness (QED) is 0.845. The smallest absolute Gasteiger partial charge is 0.0668 e. The molecule has 0 spiro atoms. The lowest BCUT2D eigenvalue weighted by Crippen LogP contribution is -2.30. The molecule has 2 aromatic carbocycles. The summed E-state index contributed by atoms with van der Waals surface area (Å²) in [7, 11) is 1.99. The van der Waals surface area contributed by atoms with Crippen molar-refractivity contribution in [3.05, 3.63) is 48.0 Å². The zero-order chi connectivity index (χ0) is 14.6. The number of rotatable bonds is 6. The third-order valence-electron chi connectivity index (χ3n) is 4.04. The van der Waals surface area contributed by atoms with Crippen LogP contribution < -0.4 is 5.32 Å². The van der Waals surface area contributed by atoms with Gasteiger partial charge in [0.25, 0.3) is 0 Å². The minimum atomic E-state index is -0.0698. The fourth-order valence-corrected chi connectivity index (χ4v) is 2.29. The summed E-state index contributed by atoms with van der Waals surface area (Å²) in [6, 6.07) is 15.2. The molecule has 2 heteroatoms. The van der Waals surface area contributed by atoms with Crippen LogP contribution in [-0.4, -0.2) is 19.3 Å². The minimum absolute atomic E-state index is 0.0698. The second-order valence-electron chi connectivity index (χ2n) is 5.83. The van der Waals surface area contributed by atoms with Crippen molar-refractivity contribution >= 4 is 10.8 Å². The van der Waals surface area contributed by atoms with Gasteiger partial charge in [0.2, 0.25) is 0 Å². The van der Waals surface area contributed by atoms with E-state index < -0.39 is 0 Å². The monoisotopic (exact) mass is 271 g/mol. The fourth-order valence-electron chi connectivity index (χ4n) is 2.29. The number of nitrogens with one attached hydrogen (secondary N) is 1. The van der Waals surface area contributed by atoms with Gasteiger partial charge in [-0.05, 0) is 43.7 Å². The van der Waals surface area contributed by atoms with Crippen LogP contribution in [0.3, 0.4) is 0 Å². The molecule has 0 heterocycles. The van der Waals surface area contributed by atoms with Crippen molar-refractivity contribution in [1.82, 2.24) is 5.32 Å². The summed E-state index contributed by atoms with van der Waals surface area (Å²) in [6.07, 6.45) is 1.01. The van der Waals surface area contributed by atoms with E-state index in [9.17, 15) is 0 Å². The van der Waals surface area contributed by atoms with Crippen LogP contribution in [0.15, 0.2) is 42.5 Å². The van der Waals surface area contributed by atoms with E-state index in [1.165, 1.54) is 16.3 Å². The fraction of sp³-hybridized carbons (Fsp3) is 0.444. The van der Waals surface area contributed by atoms with E-state index in [1.807, 2.05) is 7.05 Å². The molecule has 1 unspecified atom stereocenters. The number of ether oxygens (including phenoxy) is 1. The molecule has 0 aliphatic heterocycles. The highest BCUT2D eigenvalue weighted by molar-refractivity contribution is 5.86. The predicted molar refractivity (Wildman–Crippen MR) is 86.1 cm³/mol. The zero-order valence-electron chi connectivity index (χ0n) is 12.9.